The Kier molecular flexibility index (Phi) is 2.93. The van der Waals surface area contributed by atoms with Gasteiger partial charge in [0.05, 0.1) is 17.5 Å². The van der Waals surface area contributed by atoms with Crippen LogP contribution in [0.5, 0.6) is 0 Å². The number of benzene rings is 1. The highest BCUT2D eigenvalue weighted by Gasteiger charge is 2.48. The third kappa shape index (κ3) is 1.87. The lowest BCUT2D eigenvalue weighted by Gasteiger charge is -2.19. The SMILES string of the molecule is O=Cc1ccc(N2C(=O)C3CCCCC3C2=O)cc1. The van der Waals surface area contributed by atoms with Crippen LogP contribution in [0.2, 0.25) is 0 Å². The van der Waals surface area contributed by atoms with E-state index in [2.05, 4.69) is 0 Å². The molecule has 2 fully saturated rings. The van der Waals surface area contributed by atoms with E-state index < -0.39 is 0 Å². The molecular formula is C15H15NO3. The normalized spacial score (nSPS) is 26.4. The fourth-order valence-electron chi connectivity index (χ4n) is 3.12. The van der Waals surface area contributed by atoms with Gasteiger partial charge in [-0.05, 0) is 37.1 Å². The van der Waals surface area contributed by atoms with Crippen molar-refractivity contribution in [2.75, 3.05) is 4.90 Å². The van der Waals surface area contributed by atoms with E-state index in [1.54, 1.807) is 24.3 Å². The zero-order valence-corrected chi connectivity index (χ0v) is 10.5. The molecule has 2 unspecified atom stereocenters. The van der Waals surface area contributed by atoms with Crippen molar-refractivity contribution in [2.24, 2.45) is 11.8 Å². The smallest absolute Gasteiger partial charge is 0.237 e. The van der Waals surface area contributed by atoms with Crippen molar-refractivity contribution in [3.8, 4) is 0 Å². The van der Waals surface area contributed by atoms with Gasteiger partial charge in [0.1, 0.15) is 6.29 Å². The third-order valence-corrected chi connectivity index (χ3v) is 4.13. The van der Waals surface area contributed by atoms with Gasteiger partial charge in [-0.1, -0.05) is 12.8 Å². The van der Waals surface area contributed by atoms with E-state index in [0.29, 0.717) is 11.3 Å². The summed E-state index contributed by atoms with van der Waals surface area (Å²) in [4.78, 5) is 36.6. The highest BCUT2D eigenvalue weighted by molar-refractivity contribution is 6.22. The van der Waals surface area contributed by atoms with Gasteiger partial charge in [-0.3, -0.25) is 19.3 Å². The number of amides is 2. The molecule has 0 N–H and O–H groups in total. The molecule has 1 aliphatic carbocycles. The minimum atomic E-state index is -0.132. The van der Waals surface area contributed by atoms with Gasteiger partial charge in [0.15, 0.2) is 0 Å². The lowest BCUT2D eigenvalue weighted by atomic mass is 9.81. The van der Waals surface area contributed by atoms with Crippen LogP contribution in [-0.4, -0.2) is 18.1 Å². The quantitative estimate of drug-likeness (QED) is 0.602. The Hall–Kier alpha value is -1.97. The van der Waals surface area contributed by atoms with E-state index >= 15 is 0 Å². The highest BCUT2D eigenvalue weighted by atomic mass is 16.2. The molecule has 0 spiro atoms. The molecule has 0 bridgehead atoms. The lowest BCUT2D eigenvalue weighted by Crippen LogP contribution is -2.30. The van der Waals surface area contributed by atoms with Crippen LogP contribution in [0.25, 0.3) is 0 Å². The number of carbonyl (C=O) groups is 3. The van der Waals surface area contributed by atoms with Gasteiger partial charge < -0.3 is 0 Å². The average molecular weight is 257 g/mol. The third-order valence-electron chi connectivity index (χ3n) is 4.13. The fourth-order valence-corrected chi connectivity index (χ4v) is 3.12. The van der Waals surface area contributed by atoms with Crippen LogP contribution in [0.3, 0.4) is 0 Å². The number of hydrogen-bond donors (Lipinski definition) is 0. The molecule has 2 aliphatic rings. The van der Waals surface area contributed by atoms with Gasteiger partial charge in [-0.2, -0.15) is 0 Å². The molecule has 4 nitrogen and oxygen atoms in total. The molecular weight excluding hydrogens is 242 g/mol. The number of anilines is 1. The summed E-state index contributed by atoms with van der Waals surface area (Å²) in [6.45, 7) is 0. The van der Waals surface area contributed by atoms with E-state index in [4.69, 9.17) is 0 Å². The number of hydrogen-bond acceptors (Lipinski definition) is 3. The number of rotatable bonds is 2. The maximum atomic E-state index is 12.3. The molecule has 1 aromatic rings. The summed E-state index contributed by atoms with van der Waals surface area (Å²) in [5.74, 6) is -0.416. The summed E-state index contributed by atoms with van der Waals surface area (Å²) in [6.07, 6.45) is 4.43. The number of nitrogens with zero attached hydrogens (tertiary/aromatic N) is 1. The Morgan fingerprint density at radius 2 is 1.47 bits per heavy atom. The Morgan fingerprint density at radius 3 is 1.95 bits per heavy atom. The maximum Gasteiger partial charge on any atom is 0.237 e. The molecule has 1 saturated heterocycles. The lowest BCUT2D eigenvalue weighted by molar-refractivity contribution is -0.122. The second-order valence-electron chi connectivity index (χ2n) is 5.22. The van der Waals surface area contributed by atoms with Gasteiger partial charge in [0.25, 0.3) is 0 Å². The molecule has 1 heterocycles. The van der Waals surface area contributed by atoms with Crippen LogP contribution in [0.1, 0.15) is 36.0 Å². The molecule has 2 atom stereocenters. The van der Waals surface area contributed by atoms with Crippen molar-refractivity contribution in [2.45, 2.75) is 25.7 Å². The maximum absolute atomic E-state index is 12.3. The van der Waals surface area contributed by atoms with Gasteiger partial charge in [-0.15, -0.1) is 0 Å². The number of carbonyl (C=O) groups excluding carboxylic acids is 3. The zero-order chi connectivity index (χ0) is 13.4. The molecule has 1 saturated carbocycles. The number of fused-ring (bicyclic) bond motifs is 1. The van der Waals surface area contributed by atoms with Crippen molar-refractivity contribution in [3.63, 3.8) is 0 Å². The molecule has 3 rings (SSSR count). The monoisotopic (exact) mass is 257 g/mol. The molecule has 2 amide bonds. The largest absolute Gasteiger partial charge is 0.298 e. The molecule has 0 radical (unpaired) electrons. The topological polar surface area (TPSA) is 54.5 Å². The van der Waals surface area contributed by atoms with Crippen molar-refractivity contribution in [1.29, 1.82) is 0 Å². The summed E-state index contributed by atoms with van der Waals surface area (Å²) < 4.78 is 0. The minimum Gasteiger partial charge on any atom is -0.298 e. The van der Waals surface area contributed by atoms with Gasteiger partial charge >= 0.3 is 0 Å². The van der Waals surface area contributed by atoms with Crippen LogP contribution in [0.15, 0.2) is 24.3 Å². The zero-order valence-electron chi connectivity index (χ0n) is 10.5. The van der Waals surface area contributed by atoms with E-state index in [1.807, 2.05) is 0 Å². The highest BCUT2D eigenvalue weighted by Crippen LogP contribution is 2.39. The molecule has 1 aliphatic heterocycles. The van der Waals surface area contributed by atoms with Crippen molar-refractivity contribution >= 4 is 23.8 Å². The Morgan fingerprint density at radius 1 is 0.947 bits per heavy atom. The first kappa shape index (κ1) is 12.1. The summed E-state index contributed by atoms with van der Waals surface area (Å²) in [7, 11) is 0. The molecule has 4 heteroatoms. The minimum absolute atomic E-state index is 0.0754. The molecule has 98 valence electrons. The van der Waals surface area contributed by atoms with Crippen LogP contribution in [0.4, 0.5) is 5.69 Å². The summed E-state index contributed by atoms with van der Waals surface area (Å²) in [6, 6.07) is 6.59. The van der Waals surface area contributed by atoms with Crippen LogP contribution >= 0.6 is 0 Å². The van der Waals surface area contributed by atoms with Gasteiger partial charge in [-0.25, -0.2) is 0 Å². The second-order valence-corrected chi connectivity index (χ2v) is 5.22. The van der Waals surface area contributed by atoms with E-state index in [1.165, 1.54) is 4.90 Å². The van der Waals surface area contributed by atoms with Crippen molar-refractivity contribution < 1.29 is 14.4 Å². The van der Waals surface area contributed by atoms with Crippen molar-refractivity contribution in [1.82, 2.24) is 0 Å². The Balaban J connectivity index is 1.93. The average Bonchev–Trinajstić information content (AvgIpc) is 2.72. The van der Waals surface area contributed by atoms with Crippen LogP contribution in [-0.2, 0) is 9.59 Å². The standard InChI is InChI=1S/C15H15NO3/c17-9-10-5-7-11(8-6-10)16-14(18)12-3-1-2-4-13(12)15(16)19/h5-9,12-13H,1-4H2. The Labute approximate surface area is 111 Å². The van der Waals surface area contributed by atoms with Gasteiger partial charge in [0, 0.05) is 5.56 Å². The van der Waals surface area contributed by atoms with Crippen LogP contribution in [0, 0.1) is 11.8 Å². The molecule has 19 heavy (non-hydrogen) atoms. The first-order valence-corrected chi connectivity index (χ1v) is 6.65. The van der Waals surface area contributed by atoms with Gasteiger partial charge in [0.2, 0.25) is 11.8 Å². The molecule has 1 aromatic carbocycles. The summed E-state index contributed by atoms with van der Waals surface area (Å²) in [5.41, 5.74) is 1.12. The van der Waals surface area contributed by atoms with E-state index in [0.717, 1.165) is 32.0 Å². The van der Waals surface area contributed by atoms with Crippen molar-refractivity contribution in [3.05, 3.63) is 29.8 Å². The first-order valence-electron chi connectivity index (χ1n) is 6.65. The van der Waals surface area contributed by atoms with Crippen LogP contribution < -0.4 is 4.90 Å². The fraction of sp³-hybridized carbons (Fsp3) is 0.400. The molecule has 0 aromatic heterocycles. The number of imide groups is 1. The van der Waals surface area contributed by atoms with E-state index in [9.17, 15) is 14.4 Å². The first-order chi connectivity index (χ1) is 9.22. The van der Waals surface area contributed by atoms with E-state index in [-0.39, 0.29) is 23.7 Å². The summed E-state index contributed by atoms with van der Waals surface area (Å²) in [5, 5.41) is 0. The second kappa shape index (κ2) is 4.61. The summed E-state index contributed by atoms with van der Waals surface area (Å²) >= 11 is 0. The Bertz CT molecular complexity index is 511. The predicted octanol–water partition coefficient (Wildman–Crippen LogP) is 2.18. The number of aldehydes is 1. The predicted molar refractivity (Wildman–Crippen MR) is 69.8 cm³/mol.